The number of fused-ring (bicyclic) bond motifs is 2. The van der Waals surface area contributed by atoms with Crippen molar-refractivity contribution in [3.63, 3.8) is 0 Å². The highest BCUT2D eigenvalue weighted by Crippen LogP contribution is 2.31. The molecule has 0 fully saturated rings. The molecule has 0 saturated carbocycles. The summed E-state index contributed by atoms with van der Waals surface area (Å²) in [6.07, 6.45) is 1.31. The van der Waals surface area contributed by atoms with Gasteiger partial charge in [-0.05, 0) is 36.6 Å². The molecule has 2 aliphatic rings. The number of aliphatic imine (C=N–C) groups is 1. The Morgan fingerprint density at radius 1 is 1.16 bits per heavy atom. The summed E-state index contributed by atoms with van der Waals surface area (Å²) in [6.45, 7) is 4.02. The summed E-state index contributed by atoms with van der Waals surface area (Å²) < 4.78 is 0. The van der Waals surface area contributed by atoms with Crippen molar-refractivity contribution in [1.29, 1.82) is 0 Å². The summed E-state index contributed by atoms with van der Waals surface area (Å²) in [4.78, 5) is 31.1. The number of anilines is 2. The molecule has 31 heavy (non-hydrogen) atoms. The standard InChI is InChI=1S/C23H27N5O2.HI/c1-2-24-23(25-14-17-13-21(29)27-19-9-5-4-8-18(17)19)26-15-22(30)28-12-11-16-7-3-6-10-20(16)28;/h3-10,17H,2,11-15H2,1H3,(H,27,29)(H2,24,25,26);1H. The maximum Gasteiger partial charge on any atom is 0.248 e. The summed E-state index contributed by atoms with van der Waals surface area (Å²) in [6, 6.07) is 15.9. The molecule has 8 heteroatoms. The number of guanidine groups is 1. The lowest BCUT2D eigenvalue weighted by Gasteiger charge is -2.26. The number of hydrogen-bond donors (Lipinski definition) is 3. The average Bonchev–Trinajstić information content (AvgIpc) is 3.19. The van der Waals surface area contributed by atoms with E-state index in [1.165, 1.54) is 5.56 Å². The van der Waals surface area contributed by atoms with Gasteiger partial charge in [0.15, 0.2) is 5.96 Å². The monoisotopic (exact) mass is 533 g/mol. The van der Waals surface area contributed by atoms with Gasteiger partial charge in [0.05, 0.1) is 0 Å². The first-order valence-corrected chi connectivity index (χ1v) is 10.4. The molecule has 0 aromatic heterocycles. The van der Waals surface area contributed by atoms with Crippen molar-refractivity contribution in [2.45, 2.75) is 25.7 Å². The van der Waals surface area contributed by atoms with Gasteiger partial charge in [0.25, 0.3) is 0 Å². The van der Waals surface area contributed by atoms with Crippen LogP contribution in [-0.2, 0) is 16.0 Å². The van der Waals surface area contributed by atoms with Gasteiger partial charge in [0.1, 0.15) is 6.54 Å². The number of carbonyl (C=O) groups is 2. The highest BCUT2D eigenvalue weighted by atomic mass is 127. The quantitative estimate of drug-likeness (QED) is 0.314. The number of hydrogen-bond acceptors (Lipinski definition) is 3. The van der Waals surface area contributed by atoms with Crippen LogP contribution in [0.4, 0.5) is 11.4 Å². The molecule has 2 amide bonds. The van der Waals surface area contributed by atoms with E-state index in [0.29, 0.717) is 32.0 Å². The molecule has 2 aromatic carbocycles. The van der Waals surface area contributed by atoms with Crippen LogP contribution in [0.25, 0.3) is 0 Å². The number of rotatable bonds is 5. The lowest BCUT2D eigenvalue weighted by Crippen LogP contribution is -2.41. The van der Waals surface area contributed by atoms with Crippen molar-refractivity contribution in [3.05, 3.63) is 59.7 Å². The molecule has 2 aliphatic heterocycles. The predicted molar refractivity (Wildman–Crippen MR) is 134 cm³/mol. The number of amides is 2. The van der Waals surface area contributed by atoms with E-state index in [2.05, 4.69) is 27.0 Å². The summed E-state index contributed by atoms with van der Waals surface area (Å²) >= 11 is 0. The van der Waals surface area contributed by atoms with Crippen molar-refractivity contribution in [2.75, 3.05) is 36.4 Å². The van der Waals surface area contributed by atoms with E-state index in [1.54, 1.807) is 0 Å². The Morgan fingerprint density at radius 2 is 1.94 bits per heavy atom. The van der Waals surface area contributed by atoms with Gasteiger partial charge in [-0.3, -0.25) is 9.59 Å². The van der Waals surface area contributed by atoms with Crippen molar-refractivity contribution < 1.29 is 9.59 Å². The summed E-state index contributed by atoms with van der Waals surface area (Å²) in [5.41, 5.74) is 4.17. The molecular formula is C23H28IN5O2. The Labute approximate surface area is 199 Å². The molecule has 7 nitrogen and oxygen atoms in total. The van der Waals surface area contributed by atoms with Crippen LogP contribution in [0.2, 0.25) is 0 Å². The third kappa shape index (κ3) is 5.36. The second-order valence-corrected chi connectivity index (χ2v) is 7.54. The first-order valence-electron chi connectivity index (χ1n) is 10.4. The maximum atomic E-state index is 12.7. The fourth-order valence-electron chi connectivity index (χ4n) is 4.07. The summed E-state index contributed by atoms with van der Waals surface area (Å²) in [5.74, 6) is 0.645. The SMILES string of the molecule is CCNC(=NCC(=O)N1CCc2ccccc21)NCC1CC(=O)Nc2ccccc21.I. The predicted octanol–water partition coefficient (Wildman–Crippen LogP) is 2.87. The Morgan fingerprint density at radius 3 is 2.77 bits per heavy atom. The Hall–Kier alpha value is -2.62. The Bertz CT molecular complexity index is 978. The van der Waals surface area contributed by atoms with Gasteiger partial charge in [-0.15, -0.1) is 24.0 Å². The molecule has 3 N–H and O–H groups in total. The van der Waals surface area contributed by atoms with E-state index in [1.807, 2.05) is 54.3 Å². The molecule has 1 unspecified atom stereocenters. The van der Waals surface area contributed by atoms with Gasteiger partial charge in [-0.2, -0.15) is 0 Å². The molecule has 2 aromatic rings. The van der Waals surface area contributed by atoms with Gasteiger partial charge < -0.3 is 20.9 Å². The van der Waals surface area contributed by atoms with Crippen LogP contribution in [-0.4, -0.2) is 44.0 Å². The van der Waals surface area contributed by atoms with Crippen LogP contribution < -0.4 is 20.9 Å². The molecule has 0 aliphatic carbocycles. The molecule has 0 bridgehead atoms. The summed E-state index contributed by atoms with van der Waals surface area (Å²) in [7, 11) is 0. The molecule has 1 atom stereocenters. The molecule has 164 valence electrons. The van der Waals surface area contributed by atoms with Crippen molar-refractivity contribution in [3.8, 4) is 0 Å². The second-order valence-electron chi connectivity index (χ2n) is 7.54. The second kappa shape index (κ2) is 10.6. The third-order valence-corrected chi connectivity index (χ3v) is 5.53. The van der Waals surface area contributed by atoms with E-state index in [-0.39, 0.29) is 48.3 Å². The van der Waals surface area contributed by atoms with Gasteiger partial charge in [-0.1, -0.05) is 36.4 Å². The number of halogens is 1. The van der Waals surface area contributed by atoms with Crippen LogP contribution >= 0.6 is 24.0 Å². The van der Waals surface area contributed by atoms with E-state index in [9.17, 15) is 9.59 Å². The van der Waals surface area contributed by atoms with Gasteiger partial charge in [0, 0.05) is 43.3 Å². The van der Waals surface area contributed by atoms with Crippen LogP contribution in [0.3, 0.4) is 0 Å². The van der Waals surface area contributed by atoms with Crippen LogP contribution in [0.1, 0.15) is 30.4 Å². The Balaban J connectivity index is 0.00000272. The van der Waals surface area contributed by atoms with Gasteiger partial charge in [-0.25, -0.2) is 4.99 Å². The number of carbonyl (C=O) groups excluding carboxylic acids is 2. The zero-order chi connectivity index (χ0) is 20.9. The number of benzene rings is 2. The van der Waals surface area contributed by atoms with Crippen LogP contribution in [0.5, 0.6) is 0 Å². The molecular weight excluding hydrogens is 505 g/mol. The van der Waals surface area contributed by atoms with E-state index >= 15 is 0 Å². The van der Waals surface area contributed by atoms with Crippen molar-refractivity contribution >= 4 is 53.1 Å². The van der Waals surface area contributed by atoms with Gasteiger partial charge >= 0.3 is 0 Å². The number of nitrogens with one attached hydrogen (secondary N) is 3. The minimum atomic E-state index is -0.0143. The summed E-state index contributed by atoms with van der Waals surface area (Å²) in [5, 5.41) is 9.41. The highest BCUT2D eigenvalue weighted by Gasteiger charge is 2.26. The smallest absolute Gasteiger partial charge is 0.248 e. The average molecular weight is 533 g/mol. The van der Waals surface area contributed by atoms with Crippen LogP contribution in [0, 0.1) is 0 Å². The van der Waals surface area contributed by atoms with Gasteiger partial charge in [0.2, 0.25) is 11.8 Å². The number of para-hydroxylation sites is 2. The van der Waals surface area contributed by atoms with E-state index < -0.39 is 0 Å². The lowest BCUT2D eigenvalue weighted by atomic mass is 9.90. The molecule has 2 heterocycles. The molecule has 0 radical (unpaired) electrons. The largest absolute Gasteiger partial charge is 0.357 e. The fourth-order valence-corrected chi connectivity index (χ4v) is 4.07. The minimum absolute atomic E-state index is 0. The van der Waals surface area contributed by atoms with E-state index in [4.69, 9.17) is 0 Å². The minimum Gasteiger partial charge on any atom is -0.357 e. The Kier molecular flexibility index (Phi) is 7.89. The van der Waals surface area contributed by atoms with Crippen molar-refractivity contribution in [1.82, 2.24) is 10.6 Å². The zero-order valence-corrected chi connectivity index (χ0v) is 19.9. The molecule has 0 saturated heterocycles. The third-order valence-electron chi connectivity index (χ3n) is 5.53. The molecule has 0 spiro atoms. The van der Waals surface area contributed by atoms with E-state index in [0.717, 1.165) is 23.4 Å². The topological polar surface area (TPSA) is 85.8 Å². The first-order chi connectivity index (χ1) is 14.7. The normalized spacial score (nSPS) is 17.2. The lowest BCUT2D eigenvalue weighted by molar-refractivity contribution is -0.117. The van der Waals surface area contributed by atoms with Crippen LogP contribution in [0.15, 0.2) is 53.5 Å². The highest BCUT2D eigenvalue weighted by molar-refractivity contribution is 14.0. The number of nitrogens with zero attached hydrogens (tertiary/aromatic N) is 2. The fraction of sp³-hybridized carbons (Fsp3) is 0.348. The maximum absolute atomic E-state index is 12.7. The zero-order valence-electron chi connectivity index (χ0n) is 17.6. The van der Waals surface area contributed by atoms with Crippen molar-refractivity contribution in [2.24, 2.45) is 4.99 Å². The molecule has 4 rings (SSSR count). The first kappa shape index (κ1) is 23.1.